The minimum absolute atomic E-state index is 0.166. The smallest absolute Gasteiger partial charge is 0.311 e. The molecule has 0 spiro atoms. The summed E-state index contributed by atoms with van der Waals surface area (Å²) in [7, 11) is 0. The van der Waals surface area contributed by atoms with Gasteiger partial charge in [0.2, 0.25) is 0 Å². The fourth-order valence-corrected chi connectivity index (χ4v) is 4.31. The SMILES string of the molecule is O=c1n(CCNCc2ccccc2)c(=O)n(CCNCc2ccccc2)c(=O)n1CCNCc1ccccc1. The molecule has 0 saturated heterocycles. The van der Waals surface area contributed by atoms with E-state index >= 15 is 0 Å². The molecule has 0 amide bonds. The highest BCUT2D eigenvalue weighted by molar-refractivity contribution is 5.15. The Morgan fingerprint density at radius 1 is 0.410 bits per heavy atom. The fourth-order valence-electron chi connectivity index (χ4n) is 4.31. The molecule has 3 aromatic carbocycles. The van der Waals surface area contributed by atoms with Crippen molar-refractivity contribution in [3.05, 3.63) is 139 Å². The van der Waals surface area contributed by atoms with Crippen LogP contribution in [0.2, 0.25) is 0 Å². The summed E-state index contributed by atoms with van der Waals surface area (Å²) in [5.74, 6) is 0. The van der Waals surface area contributed by atoms with Crippen molar-refractivity contribution in [1.29, 1.82) is 0 Å². The van der Waals surface area contributed by atoms with Crippen molar-refractivity contribution in [2.75, 3.05) is 19.6 Å². The van der Waals surface area contributed by atoms with E-state index < -0.39 is 17.1 Å². The van der Waals surface area contributed by atoms with Gasteiger partial charge in [-0.1, -0.05) is 91.0 Å². The molecule has 204 valence electrons. The summed E-state index contributed by atoms with van der Waals surface area (Å²) in [5.41, 5.74) is 1.59. The number of hydrogen-bond acceptors (Lipinski definition) is 6. The number of aromatic nitrogens is 3. The summed E-state index contributed by atoms with van der Waals surface area (Å²) in [4.78, 5) is 39.7. The molecule has 4 aromatic rings. The van der Waals surface area contributed by atoms with Crippen LogP contribution < -0.4 is 33.0 Å². The van der Waals surface area contributed by atoms with Gasteiger partial charge in [-0.25, -0.2) is 28.1 Å². The van der Waals surface area contributed by atoms with Crippen LogP contribution in [0, 0.1) is 0 Å². The summed E-state index contributed by atoms with van der Waals surface area (Å²) in [6.45, 7) is 3.62. The molecular formula is C30H36N6O3. The molecule has 0 unspecified atom stereocenters. The molecule has 0 atom stereocenters. The standard InChI is InChI=1S/C30H36N6O3/c37-28-34(19-16-31-22-25-10-4-1-5-11-25)29(38)36(21-18-33-24-27-14-8-3-9-15-27)30(39)35(28)20-17-32-23-26-12-6-2-7-13-26/h1-15,31-33H,16-24H2. The quantitative estimate of drug-likeness (QED) is 0.202. The third kappa shape index (κ3) is 8.22. The van der Waals surface area contributed by atoms with Gasteiger partial charge in [-0.05, 0) is 16.7 Å². The number of nitrogens with one attached hydrogen (secondary N) is 3. The zero-order valence-electron chi connectivity index (χ0n) is 22.1. The molecule has 1 heterocycles. The van der Waals surface area contributed by atoms with E-state index in [1.54, 1.807) is 0 Å². The van der Waals surface area contributed by atoms with E-state index in [2.05, 4.69) is 16.0 Å². The molecule has 0 fully saturated rings. The van der Waals surface area contributed by atoms with Crippen molar-refractivity contribution in [2.45, 2.75) is 39.3 Å². The monoisotopic (exact) mass is 528 g/mol. The van der Waals surface area contributed by atoms with Gasteiger partial charge in [0.25, 0.3) is 0 Å². The van der Waals surface area contributed by atoms with Crippen molar-refractivity contribution >= 4 is 0 Å². The average Bonchev–Trinajstić information content (AvgIpc) is 2.97. The molecule has 0 aliphatic rings. The van der Waals surface area contributed by atoms with Gasteiger partial charge in [-0.2, -0.15) is 0 Å². The molecule has 1 aromatic heterocycles. The average molecular weight is 529 g/mol. The van der Waals surface area contributed by atoms with Gasteiger partial charge in [0.1, 0.15) is 0 Å². The Hall–Kier alpha value is -4.05. The van der Waals surface area contributed by atoms with Crippen LogP contribution in [0.1, 0.15) is 16.7 Å². The molecule has 0 aliphatic carbocycles. The third-order valence-corrected chi connectivity index (χ3v) is 6.44. The maximum absolute atomic E-state index is 13.2. The van der Waals surface area contributed by atoms with E-state index in [1.165, 1.54) is 0 Å². The molecule has 0 bridgehead atoms. The highest BCUT2D eigenvalue weighted by atomic mass is 16.2. The Kier molecular flexibility index (Phi) is 10.6. The van der Waals surface area contributed by atoms with Crippen LogP contribution in [0.15, 0.2) is 105 Å². The minimum atomic E-state index is -0.582. The highest BCUT2D eigenvalue weighted by Crippen LogP contribution is 1.98. The number of hydrogen-bond donors (Lipinski definition) is 3. The first-order chi connectivity index (χ1) is 19.1. The van der Waals surface area contributed by atoms with Crippen LogP contribution >= 0.6 is 0 Å². The number of benzene rings is 3. The Labute approximate surface area is 227 Å². The van der Waals surface area contributed by atoms with Crippen LogP contribution in [0.5, 0.6) is 0 Å². The van der Waals surface area contributed by atoms with Crippen molar-refractivity contribution < 1.29 is 0 Å². The van der Waals surface area contributed by atoms with Gasteiger partial charge in [0, 0.05) is 58.9 Å². The first-order valence-corrected chi connectivity index (χ1v) is 13.3. The van der Waals surface area contributed by atoms with Gasteiger partial charge >= 0.3 is 17.1 Å². The van der Waals surface area contributed by atoms with Crippen LogP contribution in [-0.4, -0.2) is 33.3 Å². The molecule has 3 N–H and O–H groups in total. The second kappa shape index (κ2) is 14.8. The second-order valence-electron chi connectivity index (χ2n) is 9.29. The maximum atomic E-state index is 13.2. The normalized spacial score (nSPS) is 11.1. The van der Waals surface area contributed by atoms with E-state index in [4.69, 9.17) is 0 Å². The first kappa shape index (κ1) is 28.0. The lowest BCUT2D eigenvalue weighted by atomic mass is 10.2. The van der Waals surface area contributed by atoms with E-state index in [9.17, 15) is 14.4 Å². The Balaban J connectivity index is 1.45. The van der Waals surface area contributed by atoms with Gasteiger partial charge < -0.3 is 16.0 Å². The Morgan fingerprint density at radius 3 is 0.923 bits per heavy atom. The van der Waals surface area contributed by atoms with Gasteiger partial charge in [0.15, 0.2) is 0 Å². The molecule has 0 saturated carbocycles. The van der Waals surface area contributed by atoms with Crippen molar-refractivity contribution in [3.63, 3.8) is 0 Å². The maximum Gasteiger partial charge on any atom is 0.336 e. The summed E-state index contributed by atoms with van der Waals surface area (Å²) in [5, 5.41) is 9.84. The zero-order chi connectivity index (χ0) is 27.3. The van der Waals surface area contributed by atoms with Crippen molar-refractivity contribution in [1.82, 2.24) is 29.7 Å². The molecule has 9 heteroatoms. The number of nitrogens with zero attached hydrogens (tertiary/aromatic N) is 3. The van der Waals surface area contributed by atoms with Crippen LogP contribution in [0.3, 0.4) is 0 Å². The minimum Gasteiger partial charge on any atom is -0.311 e. The van der Waals surface area contributed by atoms with Crippen molar-refractivity contribution in [2.24, 2.45) is 0 Å². The molecule has 9 nitrogen and oxygen atoms in total. The Morgan fingerprint density at radius 2 is 0.667 bits per heavy atom. The van der Waals surface area contributed by atoms with Gasteiger partial charge in [-0.15, -0.1) is 0 Å². The topological polar surface area (TPSA) is 102 Å². The predicted octanol–water partition coefficient (Wildman–Crippen LogP) is 1.54. The second-order valence-corrected chi connectivity index (χ2v) is 9.29. The lowest BCUT2D eigenvalue weighted by Crippen LogP contribution is -2.56. The van der Waals surface area contributed by atoms with E-state index in [0.29, 0.717) is 39.3 Å². The van der Waals surface area contributed by atoms with Crippen molar-refractivity contribution in [3.8, 4) is 0 Å². The summed E-state index contributed by atoms with van der Waals surface area (Å²) < 4.78 is 3.48. The molecule has 0 radical (unpaired) electrons. The molecule has 39 heavy (non-hydrogen) atoms. The summed E-state index contributed by atoms with van der Waals surface area (Å²) in [6, 6.07) is 29.7. The van der Waals surface area contributed by atoms with Crippen LogP contribution in [0.4, 0.5) is 0 Å². The molecule has 4 rings (SSSR count). The van der Waals surface area contributed by atoms with Crippen LogP contribution in [-0.2, 0) is 39.3 Å². The van der Waals surface area contributed by atoms with Gasteiger partial charge in [-0.3, -0.25) is 0 Å². The lowest BCUT2D eigenvalue weighted by Gasteiger charge is -2.15. The fraction of sp³-hybridized carbons (Fsp3) is 0.300. The van der Waals surface area contributed by atoms with E-state index in [0.717, 1.165) is 30.4 Å². The lowest BCUT2D eigenvalue weighted by molar-refractivity contribution is 0.424. The third-order valence-electron chi connectivity index (χ3n) is 6.44. The van der Waals surface area contributed by atoms with E-state index in [-0.39, 0.29) is 19.6 Å². The number of rotatable bonds is 15. The first-order valence-electron chi connectivity index (χ1n) is 13.3. The Bertz CT molecular complexity index is 1250. The highest BCUT2D eigenvalue weighted by Gasteiger charge is 2.15. The largest absolute Gasteiger partial charge is 0.336 e. The molecule has 0 aliphatic heterocycles. The summed E-state index contributed by atoms with van der Waals surface area (Å²) in [6.07, 6.45) is 0. The van der Waals surface area contributed by atoms with E-state index in [1.807, 2.05) is 91.0 Å². The zero-order valence-corrected chi connectivity index (χ0v) is 22.1. The van der Waals surface area contributed by atoms with Crippen LogP contribution in [0.25, 0.3) is 0 Å². The van der Waals surface area contributed by atoms with Gasteiger partial charge in [0.05, 0.1) is 0 Å². The predicted molar refractivity (Wildman–Crippen MR) is 154 cm³/mol. The summed E-state index contributed by atoms with van der Waals surface area (Å²) >= 11 is 0. The molecular weight excluding hydrogens is 492 g/mol.